The largest absolute Gasteiger partial charge is 0.321 e. The Kier molecular flexibility index (Phi) is 4.22. The van der Waals surface area contributed by atoms with Crippen LogP contribution >= 0.6 is 23.2 Å². The molecule has 20 heavy (non-hydrogen) atoms. The summed E-state index contributed by atoms with van der Waals surface area (Å²) < 4.78 is 0. The Morgan fingerprint density at radius 2 is 1.90 bits per heavy atom. The van der Waals surface area contributed by atoms with E-state index in [4.69, 9.17) is 23.2 Å². The smallest absolute Gasteiger partial charge is 0.270 e. The molecule has 0 aromatic heterocycles. The van der Waals surface area contributed by atoms with Crippen molar-refractivity contribution in [1.82, 2.24) is 0 Å². The third-order valence-electron chi connectivity index (χ3n) is 2.50. The Labute approximate surface area is 124 Å². The summed E-state index contributed by atoms with van der Waals surface area (Å²) in [4.78, 5) is 22.1. The third kappa shape index (κ3) is 3.26. The predicted octanol–water partition coefficient (Wildman–Crippen LogP) is 4.15. The third-order valence-corrected chi connectivity index (χ3v) is 3.06. The zero-order valence-corrected chi connectivity index (χ0v) is 11.5. The van der Waals surface area contributed by atoms with Crippen LogP contribution in [0.4, 0.5) is 11.4 Å². The first-order chi connectivity index (χ1) is 9.47. The molecule has 1 N–H and O–H groups in total. The van der Waals surface area contributed by atoms with E-state index in [1.54, 1.807) is 12.1 Å². The van der Waals surface area contributed by atoms with Gasteiger partial charge >= 0.3 is 0 Å². The molecule has 0 aliphatic heterocycles. The van der Waals surface area contributed by atoms with E-state index in [1.807, 2.05) is 0 Å². The molecule has 0 spiro atoms. The zero-order chi connectivity index (χ0) is 14.7. The normalized spacial score (nSPS) is 10.1. The van der Waals surface area contributed by atoms with Crippen molar-refractivity contribution in [1.29, 1.82) is 0 Å². The predicted molar refractivity (Wildman–Crippen MR) is 77.5 cm³/mol. The molecule has 0 bridgehead atoms. The van der Waals surface area contributed by atoms with Crippen molar-refractivity contribution in [2.75, 3.05) is 5.32 Å². The SMILES string of the molecule is O=C(Nc1cc(Cl)ccc1Cl)c1cccc([N+](=O)[O-])c1. The van der Waals surface area contributed by atoms with Crippen molar-refractivity contribution in [3.8, 4) is 0 Å². The van der Waals surface area contributed by atoms with Gasteiger partial charge in [-0.15, -0.1) is 0 Å². The van der Waals surface area contributed by atoms with Crippen molar-refractivity contribution in [2.24, 2.45) is 0 Å². The van der Waals surface area contributed by atoms with Gasteiger partial charge in [0.2, 0.25) is 0 Å². The second-order valence-electron chi connectivity index (χ2n) is 3.89. The Balaban J connectivity index is 2.26. The molecule has 102 valence electrons. The summed E-state index contributed by atoms with van der Waals surface area (Å²) in [6.45, 7) is 0. The fourth-order valence-electron chi connectivity index (χ4n) is 1.55. The number of rotatable bonds is 3. The Bertz CT molecular complexity index is 689. The molecule has 2 aromatic rings. The van der Waals surface area contributed by atoms with E-state index in [1.165, 1.54) is 30.3 Å². The maximum Gasteiger partial charge on any atom is 0.270 e. The maximum absolute atomic E-state index is 12.0. The van der Waals surface area contributed by atoms with Gasteiger partial charge in [0.25, 0.3) is 11.6 Å². The molecule has 0 radical (unpaired) electrons. The monoisotopic (exact) mass is 310 g/mol. The number of carbonyl (C=O) groups excluding carboxylic acids is 1. The maximum atomic E-state index is 12.0. The number of nitrogens with zero attached hydrogens (tertiary/aromatic N) is 1. The summed E-state index contributed by atoms with van der Waals surface area (Å²) in [7, 11) is 0. The highest BCUT2D eigenvalue weighted by Crippen LogP contribution is 2.26. The van der Waals surface area contributed by atoms with Crippen molar-refractivity contribution in [3.05, 3.63) is 68.2 Å². The van der Waals surface area contributed by atoms with E-state index in [0.29, 0.717) is 15.7 Å². The Morgan fingerprint density at radius 1 is 1.15 bits per heavy atom. The number of nitro benzene ring substituents is 1. The van der Waals surface area contributed by atoms with Crippen LogP contribution in [0.2, 0.25) is 10.0 Å². The van der Waals surface area contributed by atoms with Crippen LogP contribution in [-0.4, -0.2) is 10.8 Å². The molecule has 2 rings (SSSR count). The van der Waals surface area contributed by atoms with Crippen LogP contribution in [0.5, 0.6) is 0 Å². The van der Waals surface area contributed by atoms with E-state index in [0.717, 1.165) is 0 Å². The molecule has 7 heteroatoms. The molecule has 0 heterocycles. The van der Waals surface area contributed by atoms with Crippen LogP contribution in [0.3, 0.4) is 0 Å². The van der Waals surface area contributed by atoms with Gasteiger partial charge in [0.1, 0.15) is 0 Å². The van der Waals surface area contributed by atoms with Crippen LogP contribution < -0.4 is 5.32 Å². The number of anilines is 1. The number of nitrogens with one attached hydrogen (secondary N) is 1. The summed E-state index contributed by atoms with van der Waals surface area (Å²) >= 11 is 11.7. The average Bonchev–Trinajstić information content (AvgIpc) is 2.43. The highest BCUT2D eigenvalue weighted by molar-refractivity contribution is 6.35. The molecule has 0 unspecified atom stereocenters. The van der Waals surface area contributed by atoms with Crippen molar-refractivity contribution < 1.29 is 9.72 Å². The van der Waals surface area contributed by atoms with Crippen LogP contribution in [0.25, 0.3) is 0 Å². The lowest BCUT2D eigenvalue weighted by molar-refractivity contribution is -0.384. The second-order valence-corrected chi connectivity index (χ2v) is 4.73. The molecule has 0 atom stereocenters. The van der Waals surface area contributed by atoms with Crippen molar-refractivity contribution in [2.45, 2.75) is 0 Å². The summed E-state index contributed by atoms with van der Waals surface area (Å²) in [5.41, 5.74) is 0.348. The first-order valence-corrected chi connectivity index (χ1v) is 6.24. The highest BCUT2D eigenvalue weighted by Gasteiger charge is 2.13. The van der Waals surface area contributed by atoms with E-state index in [-0.39, 0.29) is 11.3 Å². The van der Waals surface area contributed by atoms with Gasteiger partial charge in [0.15, 0.2) is 0 Å². The number of non-ortho nitro benzene ring substituents is 1. The first kappa shape index (κ1) is 14.3. The number of carbonyl (C=O) groups is 1. The molecule has 2 aromatic carbocycles. The quantitative estimate of drug-likeness (QED) is 0.683. The summed E-state index contributed by atoms with van der Waals surface area (Å²) in [5.74, 6) is -0.502. The van der Waals surface area contributed by atoms with Crippen LogP contribution in [0.15, 0.2) is 42.5 Å². The minimum atomic E-state index is -0.566. The minimum Gasteiger partial charge on any atom is -0.321 e. The number of benzene rings is 2. The van der Waals surface area contributed by atoms with Gasteiger partial charge in [-0.3, -0.25) is 14.9 Å². The fraction of sp³-hybridized carbons (Fsp3) is 0. The molecule has 0 aliphatic rings. The van der Waals surface area contributed by atoms with Crippen LogP contribution in [0, 0.1) is 10.1 Å². The molecule has 0 fully saturated rings. The number of hydrogen-bond acceptors (Lipinski definition) is 3. The number of hydrogen-bond donors (Lipinski definition) is 1. The molecule has 0 saturated carbocycles. The van der Waals surface area contributed by atoms with Gasteiger partial charge in [-0.2, -0.15) is 0 Å². The molecular weight excluding hydrogens is 303 g/mol. The highest BCUT2D eigenvalue weighted by atomic mass is 35.5. The molecule has 1 amide bonds. The minimum absolute atomic E-state index is 0.158. The van der Waals surface area contributed by atoms with Crippen LogP contribution in [0.1, 0.15) is 10.4 Å². The standard InChI is InChI=1S/C13H8Cl2N2O3/c14-9-4-5-11(15)12(7-9)16-13(18)8-2-1-3-10(6-8)17(19)20/h1-7H,(H,16,18). The average molecular weight is 311 g/mol. The molecule has 0 aliphatic carbocycles. The van der Waals surface area contributed by atoms with E-state index in [9.17, 15) is 14.9 Å². The summed E-state index contributed by atoms with van der Waals surface area (Å²) in [5, 5.41) is 14.0. The second kappa shape index (κ2) is 5.90. The fourth-order valence-corrected chi connectivity index (χ4v) is 1.89. The number of amides is 1. The lowest BCUT2D eigenvalue weighted by Gasteiger charge is -2.07. The van der Waals surface area contributed by atoms with E-state index in [2.05, 4.69) is 5.32 Å². The van der Waals surface area contributed by atoms with Crippen LogP contribution in [-0.2, 0) is 0 Å². The number of halogens is 2. The van der Waals surface area contributed by atoms with Gasteiger partial charge in [0.05, 0.1) is 15.6 Å². The molecule has 5 nitrogen and oxygen atoms in total. The van der Waals surface area contributed by atoms with E-state index < -0.39 is 10.8 Å². The lowest BCUT2D eigenvalue weighted by atomic mass is 10.2. The van der Waals surface area contributed by atoms with Gasteiger partial charge in [0, 0.05) is 22.7 Å². The van der Waals surface area contributed by atoms with Gasteiger partial charge in [-0.1, -0.05) is 29.3 Å². The van der Waals surface area contributed by atoms with Crippen molar-refractivity contribution in [3.63, 3.8) is 0 Å². The first-order valence-electron chi connectivity index (χ1n) is 5.48. The van der Waals surface area contributed by atoms with Crippen molar-refractivity contribution >= 4 is 40.5 Å². The summed E-state index contributed by atoms with van der Waals surface area (Å²) in [6, 6.07) is 10.0. The Morgan fingerprint density at radius 3 is 2.60 bits per heavy atom. The molecule has 0 saturated heterocycles. The topological polar surface area (TPSA) is 72.2 Å². The van der Waals surface area contributed by atoms with E-state index >= 15 is 0 Å². The zero-order valence-electron chi connectivity index (χ0n) is 9.97. The van der Waals surface area contributed by atoms with Gasteiger partial charge in [-0.25, -0.2) is 0 Å². The molecular formula is C13H8Cl2N2O3. The van der Waals surface area contributed by atoms with Gasteiger partial charge in [-0.05, 0) is 24.3 Å². The summed E-state index contributed by atoms with van der Waals surface area (Å²) in [6.07, 6.45) is 0. The van der Waals surface area contributed by atoms with Gasteiger partial charge < -0.3 is 5.32 Å². The number of nitro groups is 1. The lowest BCUT2D eigenvalue weighted by Crippen LogP contribution is -2.12. The Hall–Kier alpha value is -2.11.